The van der Waals surface area contributed by atoms with Crippen LogP contribution in [0, 0.1) is 0 Å². The van der Waals surface area contributed by atoms with E-state index < -0.39 is 5.92 Å². The standard InChI is InChI=1S/C9H11F2N3/c10-9(11)2-6-14(7-3-9)8-12-4-1-5-13-8/h1,4-5H,2-3,6-7H2. The summed E-state index contributed by atoms with van der Waals surface area (Å²) in [6.07, 6.45) is 3.03. The second-order valence-electron chi connectivity index (χ2n) is 3.39. The van der Waals surface area contributed by atoms with Gasteiger partial charge in [0, 0.05) is 38.3 Å². The molecule has 0 atom stereocenters. The average molecular weight is 199 g/mol. The molecule has 0 N–H and O–H groups in total. The lowest BCUT2D eigenvalue weighted by atomic mass is 10.1. The summed E-state index contributed by atoms with van der Waals surface area (Å²) in [7, 11) is 0. The third-order valence-corrected chi connectivity index (χ3v) is 2.33. The summed E-state index contributed by atoms with van der Waals surface area (Å²) in [5.41, 5.74) is 0. The molecular formula is C9H11F2N3. The first-order chi connectivity index (χ1) is 6.67. The van der Waals surface area contributed by atoms with Crippen LogP contribution >= 0.6 is 0 Å². The van der Waals surface area contributed by atoms with Gasteiger partial charge in [-0.25, -0.2) is 18.7 Å². The lowest BCUT2D eigenvalue weighted by molar-refractivity contribution is -0.0222. The molecule has 1 aromatic rings. The van der Waals surface area contributed by atoms with Crippen LogP contribution in [0.15, 0.2) is 18.5 Å². The molecule has 1 aliphatic heterocycles. The topological polar surface area (TPSA) is 29.0 Å². The minimum atomic E-state index is -2.51. The fraction of sp³-hybridized carbons (Fsp3) is 0.556. The quantitative estimate of drug-likeness (QED) is 0.689. The zero-order valence-corrected chi connectivity index (χ0v) is 7.66. The van der Waals surface area contributed by atoms with E-state index in [1.54, 1.807) is 23.4 Å². The monoisotopic (exact) mass is 199 g/mol. The van der Waals surface area contributed by atoms with Crippen molar-refractivity contribution in [3.05, 3.63) is 18.5 Å². The molecule has 5 heteroatoms. The summed E-state index contributed by atoms with van der Waals surface area (Å²) in [5, 5.41) is 0. The molecule has 0 amide bonds. The Morgan fingerprint density at radius 1 is 1.14 bits per heavy atom. The molecule has 0 aromatic carbocycles. The number of hydrogen-bond donors (Lipinski definition) is 0. The minimum Gasteiger partial charge on any atom is -0.340 e. The Balaban J connectivity index is 2.03. The summed E-state index contributed by atoms with van der Waals surface area (Å²) < 4.78 is 25.7. The van der Waals surface area contributed by atoms with Gasteiger partial charge in [0.1, 0.15) is 0 Å². The molecule has 1 saturated heterocycles. The van der Waals surface area contributed by atoms with Crippen LogP contribution in [0.1, 0.15) is 12.8 Å². The number of aromatic nitrogens is 2. The number of halogens is 2. The van der Waals surface area contributed by atoms with E-state index in [0.29, 0.717) is 19.0 Å². The van der Waals surface area contributed by atoms with Crippen molar-refractivity contribution in [1.82, 2.24) is 9.97 Å². The highest BCUT2D eigenvalue weighted by Gasteiger charge is 2.34. The Morgan fingerprint density at radius 3 is 2.29 bits per heavy atom. The number of piperidine rings is 1. The molecule has 3 nitrogen and oxygen atoms in total. The van der Waals surface area contributed by atoms with Crippen molar-refractivity contribution in [3.8, 4) is 0 Å². The number of anilines is 1. The van der Waals surface area contributed by atoms with E-state index in [9.17, 15) is 8.78 Å². The average Bonchev–Trinajstić information content (AvgIpc) is 2.19. The van der Waals surface area contributed by atoms with Gasteiger partial charge in [0.15, 0.2) is 0 Å². The predicted octanol–water partition coefficient (Wildman–Crippen LogP) is 1.71. The van der Waals surface area contributed by atoms with Crippen molar-refractivity contribution in [1.29, 1.82) is 0 Å². The van der Waals surface area contributed by atoms with Crippen LogP contribution in [-0.2, 0) is 0 Å². The van der Waals surface area contributed by atoms with Gasteiger partial charge in [-0.1, -0.05) is 0 Å². The Hall–Kier alpha value is -1.26. The van der Waals surface area contributed by atoms with Crippen LogP contribution in [0.25, 0.3) is 0 Å². The largest absolute Gasteiger partial charge is 0.340 e. The van der Waals surface area contributed by atoms with E-state index in [0.717, 1.165) is 0 Å². The molecule has 0 spiro atoms. The molecule has 2 heterocycles. The highest BCUT2D eigenvalue weighted by molar-refractivity contribution is 5.29. The van der Waals surface area contributed by atoms with Crippen LogP contribution in [-0.4, -0.2) is 29.0 Å². The zero-order valence-electron chi connectivity index (χ0n) is 7.66. The second-order valence-corrected chi connectivity index (χ2v) is 3.39. The van der Waals surface area contributed by atoms with E-state index in [1.807, 2.05) is 0 Å². The molecule has 1 aliphatic rings. The van der Waals surface area contributed by atoms with Gasteiger partial charge in [0.05, 0.1) is 0 Å². The van der Waals surface area contributed by atoms with Crippen LogP contribution in [0.3, 0.4) is 0 Å². The van der Waals surface area contributed by atoms with Crippen LogP contribution in [0.4, 0.5) is 14.7 Å². The van der Waals surface area contributed by atoms with Crippen molar-refractivity contribution in [2.24, 2.45) is 0 Å². The van der Waals surface area contributed by atoms with Gasteiger partial charge in [0.2, 0.25) is 5.95 Å². The molecule has 0 radical (unpaired) electrons. The number of nitrogens with zero attached hydrogens (tertiary/aromatic N) is 3. The van der Waals surface area contributed by atoms with Crippen molar-refractivity contribution in [2.75, 3.05) is 18.0 Å². The van der Waals surface area contributed by atoms with E-state index >= 15 is 0 Å². The first kappa shape index (κ1) is 9.30. The maximum absolute atomic E-state index is 12.8. The molecule has 0 unspecified atom stereocenters. The van der Waals surface area contributed by atoms with Crippen molar-refractivity contribution >= 4 is 5.95 Å². The second kappa shape index (κ2) is 3.48. The number of hydrogen-bond acceptors (Lipinski definition) is 3. The van der Waals surface area contributed by atoms with Gasteiger partial charge in [-0.2, -0.15) is 0 Å². The molecule has 1 aromatic heterocycles. The summed E-state index contributed by atoms with van der Waals surface area (Å²) >= 11 is 0. The molecule has 0 bridgehead atoms. The molecule has 0 saturated carbocycles. The van der Waals surface area contributed by atoms with Gasteiger partial charge < -0.3 is 4.90 Å². The molecule has 0 aliphatic carbocycles. The first-order valence-corrected chi connectivity index (χ1v) is 4.57. The summed E-state index contributed by atoms with van der Waals surface area (Å²) in [5.74, 6) is -1.96. The van der Waals surface area contributed by atoms with Crippen molar-refractivity contribution < 1.29 is 8.78 Å². The normalized spacial score (nSPS) is 20.9. The van der Waals surface area contributed by atoms with E-state index in [-0.39, 0.29) is 12.8 Å². The highest BCUT2D eigenvalue weighted by atomic mass is 19.3. The SMILES string of the molecule is FC1(F)CCN(c2ncccn2)CC1. The fourth-order valence-electron chi connectivity index (χ4n) is 1.49. The Kier molecular flexibility index (Phi) is 2.31. The van der Waals surface area contributed by atoms with Crippen LogP contribution < -0.4 is 4.90 Å². The Morgan fingerprint density at radius 2 is 1.71 bits per heavy atom. The fourth-order valence-corrected chi connectivity index (χ4v) is 1.49. The maximum atomic E-state index is 12.8. The lowest BCUT2D eigenvalue weighted by Crippen LogP contribution is -2.40. The minimum absolute atomic E-state index is 0.106. The van der Waals surface area contributed by atoms with Crippen molar-refractivity contribution in [3.63, 3.8) is 0 Å². The van der Waals surface area contributed by atoms with E-state index in [2.05, 4.69) is 9.97 Å². The number of rotatable bonds is 1. The molecule has 14 heavy (non-hydrogen) atoms. The predicted molar refractivity (Wildman–Crippen MR) is 48.4 cm³/mol. The molecular weight excluding hydrogens is 188 g/mol. The summed E-state index contributed by atoms with van der Waals surface area (Å²) in [6.45, 7) is 0.661. The maximum Gasteiger partial charge on any atom is 0.251 e. The van der Waals surface area contributed by atoms with Gasteiger partial charge in [-0.05, 0) is 6.07 Å². The van der Waals surface area contributed by atoms with Crippen LogP contribution in [0.2, 0.25) is 0 Å². The number of alkyl halides is 2. The van der Waals surface area contributed by atoms with Crippen molar-refractivity contribution in [2.45, 2.75) is 18.8 Å². The van der Waals surface area contributed by atoms with Crippen LogP contribution in [0.5, 0.6) is 0 Å². The Labute approximate surface area is 80.8 Å². The molecule has 1 fully saturated rings. The van der Waals surface area contributed by atoms with Gasteiger partial charge in [-0.15, -0.1) is 0 Å². The van der Waals surface area contributed by atoms with E-state index in [1.165, 1.54) is 0 Å². The van der Waals surface area contributed by atoms with E-state index in [4.69, 9.17) is 0 Å². The third kappa shape index (κ3) is 1.97. The molecule has 76 valence electrons. The third-order valence-electron chi connectivity index (χ3n) is 2.33. The highest BCUT2D eigenvalue weighted by Crippen LogP contribution is 2.28. The summed E-state index contributed by atoms with van der Waals surface area (Å²) in [4.78, 5) is 9.83. The first-order valence-electron chi connectivity index (χ1n) is 4.57. The summed E-state index contributed by atoms with van der Waals surface area (Å²) in [6, 6.07) is 1.71. The Bertz CT molecular complexity index is 292. The smallest absolute Gasteiger partial charge is 0.251 e. The van der Waals surface area contributed by atoms with Gasteiger partial charge >= 0.3 is 0 Å². The molecule has 2 rings (SSSR count). The van der Waals surface area contributed by atoms with Gasteiger partial charge in [0.25, 0.3) is 5.92 Å². The van der Waals surface area contributed by atoms with Gasteiger partial charge in [-0.3, -0.25) is 0 Å². The lowest BCUT2D eigenvalue weighted by Gasteiger charge is -2.31. The zero-order chi connectivity index (χ0) is 10.0.